The summed E-state index contributed by atoms with van der Waals surface area (Å²) in [5, 5.41) is 21.4. The Morgan fingerprint density at radius 2 is 1.83 bits per heavy atom. The molecule has 0 radical (unpaired) electrons. The Hall–Kier alpha value is -3.41. The van der Waals surface area contributed by atoms with Crippen molar-refractivity contribution in [1.29, 1.82) is 0 Å². The van der Waals surface area contributed by atoms with E-state index in [1.54, 1.807) is 48.8 Å². The van der Waals surface area contributed by atoms with Crippen LogP contribution in [0.25, 0.3) is 11.3 Å². The zero-order valence-corrected chi connectivity index (χ0v) is 12.0. The first kappa shape index (κ1) is 14.5. The van der Waals surface area contributed by atoms with Crippen LogP contribution in [0.1, 0.15) is 10.4 Å². The van der Waals surface area contributed by atoms with Crippen LogP contribution in [0.5, 0.6) is 5.75 Å². The summed E-state index contributed by atoms with van der Waals surface area (Å²) in [7, 11) is 0. The number of nitrogens with zero attached hydrogens (tertiary/aromatic N) is 2. The van der Waals surface area contributed by atoms with Gasteiger partial charge in [0.2, 0.25) is 0 Å². The van der Waals surface area contributed by atoms with Crippen molar-refractivity contribution in [3.63, 3.8) is 0 Å². The van der Waals surface area contributed by atoms with E-state index in [4.69, 9.17) is 5.11 Å². The second-order valence-corrected chi connectivity index (χ2v) is 4.85. The normalized spacial score (nSPS) is 10.3. The molecule has 0 bridgehead atoms. The second kappa shape index (κ2) is 6.15. The van der Waals surface area contributed by atoms with E-state index >= 15 is 0 Å². The van der Waals surface area contributed by atoms with Gasteiger partial charge in [-0.15, -0.1) is 0 Å². The molecule has 0 unspecified atom stereocenters. The first-order valence-corrected chi connectivity index (χ1v) is 6.84. The van der Waals surface area contributed by atoms with Crippen molar-refractivity contribution >= 4 is 17.5 Å². The van der Waals surface area contributed by atoms with E-state index in [9.17, 15) is 9.90 Å². The third kappa shape index (κ3) is 3.44. The molecule has 6 heteroatoms. The molecule has 114 valence electrons. The SMILES string of the molecule is O=C(O)c1cccc(Nc2cncc(-c3ccc(O)cc3)n2)c1. The molecular formula is C17H13N3O3. The van der Waals surface area contributed by atoms with Crippen LogP contribution in [-0.2, 0) is 0 Å². The highest BCUT2D eigenvalue weighted by molar-refractivity contribution is 5.89. The molecule has 1 aromatic heterocycles. The van der Waals surface area contributed by atoms with Gasteiger partial charge in [0.05, 0.1) is 23.7 Å². The predicted molar refractivity (Wildman–Crippen MR) is 85.8 cm³/mol. The van der Waals surface area contributed by atoms with Crippen molar-refractivity contribution in [2.45, 2.75) is 0 Å². The lowest BCUT2D eigenvalue weighted by Gasteiger charge is -2.08. The van der Waals surface area contributed by atoms with Gasteiger partial charge in [0, 0.05) is 11.3 Å². The van der Waals surface area contributed by atoms with Gasteiger partial charge in [-0.1, -0.05) is 6.07 Å². The zero-order valence-electron chi connectivity index (χ0n) is 12.0. The minimum atomic E-state index is -0.988. The summed E-state index contributed by atoms with van der Waals surface area (Å²) in [6.45, 7) is 0. The molecule has 6 nitrogen and oxygen atoms in total. The van der Waals surface area contributed by atoms with Gasteiger partial charge in [-0.25, -0.2) is 9.78 Å². The van der Waals surface area contributed by atoms with Crippen molar-refractivity contribution in [3.8, 4) is 17.0 Å². The van der Waals surface area contributed by atoms with Crippen molar-refractivity contribution in [2.24, 2.45) is 0 Å². The molecule has 0 aliphatic carbocycles. The van der Waals surface area contributed by atoms with Crippen molar-refractivity contribution in [1.82, 2.24) is 9.97 Å². The van der Waals surface area contributed by atoms with E-state index in [0.717, 1.165) is 5.56 Å². The summed E-state index contributed by atoms with van der Waals surface area (Å²) in [5.41, 5.74) is 2.27. The molecule has 0 spiro atoms. The Morgan fingerprint density at radius 3 is 2.57 bits per heavy atom. The standard InChI is InChI=1S/C17H13N3O3/c21-14-6-4-11(5-7-14)15-9-18-10-16(20-15)19-13-3-1-2-12(8-13)17(22)23/h1-10,21H,(H,19,20)(H,22,23). The Kier molecular flexibility index (Phi) is 3.88. The quantitative estimate of drug-likeness (QED) is 0.684. The molecule has 0 aliphatic heterocycles. The molecule has 23 heavy (non-hydrogen) atoms. The van der Waals surface area contributed by atoms with Crippen molar-refractivity contribution in [2.75, 3.05) is 5.32 Å². The Bertz CT molecular complexity index is 848. The van der Waals surface area contributed by atoms with E-state index in [1.165, 1.54) is 12.1 Å². The smallest absolute Gasteiger partial charge is 0.335 e. The number of hydrogen-bond donors (Lipinski definition) is 3. The molecule has 3 N–H and O–H groups in total. The maximum absolute atomic E-state index is 11.0. The van der Waals surface area contributed by atoms with E-state index in [-0.39, 0.29) is 11.3 Å². The number of phenols is 1. The van der Waals surface area contributed by atoms with Crippen LogP contribution in [-0.4, -0.2) is 26.2 Å². The monoisotopic (exact) mass is 307 g/mol. The number of benzene rings is 2. The van der Waals surface area contributed by atoms with E-state index in [2.05, 4.69) is 15.3 Å². The molecule has 0 amide bonds. The van der Waals surface area contributed by atoms with Crippen LogP contribution >= 0.6 is 0 Å². The Morgan fingerprint density at radius 1 is 1.04 bits per heavy atom. The van der Waals surface area contributed by atoms with Crippen LogP contribution in [0.15, 0.2) is 60.9 Å². The average molecular weight is 307 g/mol. The lowest BCUT2D eigenvalue weighted by atomic mass is 10.1. The summed E-state index contributed by atoms with van der Waals surface area (Å²) in [6, 6.07) is 13.1. The van der Waals surface area contributed by atoms with Crippen LogP contribution in [0.2, 0.25) is 0 Å². The maximum Gasteiger partial charge on any atom is 0.335 e. The van der Waals surface area contributed by atoms with Crippen LogP contribution in [0, 0.1) is 0 Å². The number of hydrogen-bond acceptors (Lipinski definition) is 5. The van der Waals surface area contributed by atoms with Gasteiger partial charge < -0.3 is 15.5 Å². The largest absolute Gasteiger partial charge is 0.508 e. The fourth-order valence-electron chi connectivity index (χ4n) is 2.08. The molecule has 0 saturated heterocycles. The first-order chi connectivity index (χ1) is 11.1. The van der Waals surface area contributed by atoms with Gasteiger partial charge in [-0.05, 0) is 42.5 Å². The van der Waals surface area contributed by atoms with Crippen LogP contribution in [0.3, 0.4) is 0 Å². The van der Waals surface area contributed by atoms with Gasteiger partial charge in [-0.3, -0.25) is 4.98 Å². The average Bonchev–Trinajstić information content (AvgIpc) is 2.56. The van der Waals surface area contributed by atoms with E-state index in [1.807, 2.05) is 0 Å². The number of nitrogens with one attached hydrogen (secondary N) is 1. The molecule has 1 heterocycles. The number of carboxylic acids is 1. The summed E-state index contributed by atoms with van der Waals surface area (Å²) in [5.74, 6) is -0.308. The minimum absolute atomic E-state index is 0.182. The molecule has 0 atom stereocenters. The molecule has 0 fully saturated rings. The van der Waals surface area contributed by atoms with Gasteiger partial charge in [0.1, 0.15) is 11.6 Å². The molecule has 3 rings (SSSR count). The summed E-state index contributed by atoms with van der Waals surface area (Å²) >= 11 is 0. The maximum atomic E-state index is 11.0. The second-order valence-electron chi connectivity index (χ2n) is 4.85. The first-order valence-electron chi connectivity index (χ1n) is 6.84. The Labute approximate surface area is 132 Å². The van der Waals surface area contributed by atoms with Gasteiger partial charge >= 0.3 is 5.97 Å². The fourth-order valence-corrected chi connectivity index (χ4v) is 2.08. The highest BCUT2D eigenvalue weighted by atomic mass is 16.4. The highest BCUT2D eigenvalue weighted by Gasteiger charge is 2.05. The van der Waals surface area contributed by atoms with Gasteiger partial charge in [0.15, 0.2) is 0 Å². The molecule has 0 saturated carbocycles. The minimum Gasteiger partial charge on any atom is -0.508 e. The molecular weight excluding hydrogens is 294 g/mol. The predicted octanol–water partition coefficient (Wildman–Crippen LogP) is 3.29. The van der Waals surface area contributed by atoms with E-state index in [0.29, 0.717) is 17.2 Å². The fraction of sp³-hybridized carbons (Fsp3) is 0. The lowest BCUT2D eigenvalue weighted by molar-refractivity contribution is 0.0697. The number of anilines is 2. The van der Waals surface area contributed by atoms with Crippen LogP contribution < -0.4 is 5.32 Å². The summed E-state index contributed by atoms with van der Waals surface area (Å²) in [6.07, 6.45) is 3.17. The van der Waals surface area contributed by atoms with Crippen LogP contribution in [0.4, 0.5) is 11.5 Å². The Balaban J connectivity index is 1.87. The number of aromatic nitrogens is 2. The zero-order chi connectivity index (χ0) is 16.2. The third-order valence-electron chi connectivity index (χ3n) is 3.18. The number of carbonyl (C=O) groups is 1. The molecule has 0 aliphatic rings. The third-order valence-corrected chi connectivity index (χ3v) is 3.18. The lowest BCUT2D eigenvalue weighted by Crippen LogP contribution is -1.99. The van der Waals surface area contributed by atoms with Crippen molar-refractivity contribution in [3.05, 3.63) is 66.5 Å². The summed E-state index contributed by atoms with van der Waals surface area (Å²) < 4.78 is 0. The van der Waals surface area contributed by atoms with Gasteiger partial charge in [0.25, 0.3) is 0 Å². The molecule has 2 aromatic carbocycles. The molecule has 3 aromatic rings. The van der Waals surface area contributed by atoms with Crippen molar-refractivity contribution < 1.29 is 15.0 Å². The number of aromatic carboxylic acids is 1. The van der Waals surface area contributed by atoms with Gasteiger partial charge in [-0.2, -0.15) is 0 Å². The highest BCUT2D eigenvalue weighted by Crippen LogP contribution is 2.22. The summed E-state index contributed by atoms with van der Waals surface area (Å²) in [4.78, 5) is 19.6. The number of aromatic hydroxyl groups is 1. The number of phenolic OH excluding ortho intramolecular Hbond substituents is 1. The number of rotatable bonds is 4. The topological polar surface area (TPSA) is 95.3 Å². The number of carboxylic acid groups (broad SMARTS) is 1. The van der Waals surface area contributed by atoms with E-state index < -0.39 is 5.97 Å².